The van der Waals surface area contributed by atoms with Crippen LogP contribution in [0.25, 0.3) is 27.5 Å². The Balaban J connectivity index is 1.44. The van der Waals surface area contributed by atoms with Crippen molar-refractivity contribution in [2.75, 3.05) is 13.1 Å². The molecule has 31 heavy (non-hydrogen) atoms. The minimum atomic E-state index is -0.0699. The van der Waals surface area contributed by atoms with Crippen LogP contribution in [0.15, 0.2) is 54.3 Å². The van der Waals surface area contributed by atoms with Gasteiger partial charge in [-0.15, -0.1) is 11.3 Å². The largest absolute Gasteiger partial charge is 0.348 e. The fourth-order valence-corrected chi connectivity index (χ4v) is 4.85. The highest BCUT2D eigenvalue weighted by molar-refractivity contribution is 7.13. The molecule has 5 heterocycles. The number of fused-ring (bicyclic) bond motifs is 1. The summed E-state index contributed by atoms with van der Waals surface area (Å²) in [6.45, 7) is 4.01. The molecule has 1 aliphatic heterocycles. The molecule has 8 heteroatoms. The van der Waals surface area contributed by atoms with Gasteiger partial charge in [0.15, 0.2) is 5.65 Å². The Morgan fingerprint density at radius 3 is 3.10 bits per heavy atom. The quantitative estimate of drug-likeness (QED) is 0.503. The van der Waals surface area contributed by atoms with Crippen LogP contribution in [0.1, 0.15) is 30.1 Å². The highest BCUT2D eigenvalue weighted by Gasteiger charge is 2.25. The number of nitrogens with one attached hydrogen (secondary N) is 2. The summed E-state index contributed by atoms with van der Waals surface area (Å²) in [5, 5.41) is 13.0. The van der Waals surface area contributed by atoms with E-state index in [0.29, 0.717) is 17.2 Å². The van der Waals surface area contributed by atoms with Crippen molar-refractivity contribution in [1.82, 2.24) is 30.2 Å². The summed E-state index contributed by atoms with van der Waals surface area (Å²) in [4.78, 5) is 23.4. The normalized spacial score (nSPS) is 18.9. The molecule has 2 N–H and O–H groups in total. The Bertz CT molecular complexity index is 1200. The summed E-state index contributed by atoms with van der Waals surface area (Å²) in [6.07, 6.45) is 7.48. The first-order valence-electron chi connectivity index (χ1n) is 10.6. The lowest BCUT2D eigenvalue weighted by Crippen LogP contribution is -2.50. The number of carbonyl (C=O) groups is 1. The highest BCUT2D eigenvalue weighted by Crippen LogP contribution is 2.27. The second-order valence-electron chi connectivity index (χ2n) is 7.79. The average Bonchev–Trinajstić information content (AvgIpc) is 3.49. The lowest BCUT2D eigenvalue weighted by Gasteiger charge is -2.32. The fraction of sp³-hybridized carbons (Fsp3) is 0.304. The maximum Gasteiger partial charge on any atom is 0.251 e. The Morgan fingerprint density at radius 2 is 2.26 bits per heavy atom. The standard InChI is InChI=1S/C23H24N6OS/c1-2-15-5-8-24-14-20(15)28-23(30)16-6-9-25-19(12-16)17-13-26-29-10-7-18(27-22(17)29)21-4-3-11-31-21/h3-4,6-7,9-13,15,20,24H,2,5,8,14H2,1H3,(H,28,30). The number of aromatic nitrogens is 4. The van der Waals surface area contributed by atoms with E-state index in [9.17, 15) is 4.79 Å². The van der Waals surface area contributed by atoms with Crippen LogP contribution in [0, 0.1) is 5.92 Å². The number of thiophene rings is 1. The topological polar surface area (TPSA) is 84.2 Å². The predicted molar refractivity (Wildman–Crippen MR) is 122 cm³/mol. The summed E-state index contributed by atoms with van der Waals surface area (Å²) in [5.41, 5.74) is 3.71. The maximum atomic E-state index is 13.0. The van der Waals surface area contributed by atoms with Crippen molar-refractivity contribution >= 4 is 22.9 Å². The second-order valence-corrected chi connectivity index (χ2v) is 8.74. The van der Waals surface area contributed by atoms with Crippen LogP contribution in [-0.4, -0.2) is 44.6 Å². The Morgan fingerprint density at radius 1 is 1.32 bits per heavy atom. The van der Waals surface area contributed by atoms with Crippen molar-refractivity contribution in [2.24, 2.45) is 5.92 Å². The van der Waals surface area contributed by atoms with E-state index in [2.05, 4.69) is 27.6 Å². The first kappa shape index (κ1) is 19.8. The van der Waals surface area contributed by atoms with E-state index < -0.39 is 0 Å². The zero-order chi connectivity index (χ0) is 21.2. The van der Waals surface area contributed by atoms with Gasteiger partial charge in [0.2, 0.25) is 0 Å². The highest BCUT2D eigenvalue weighted by atomic mass is 32.1. The molecule has 0 aromatic carbocycles. The smallest absolute Gasteiger partial charge is 0.251 e. The van der Waals surface area contributed by atoms with Gasteiger partial charge >= 0.3 is 0 Å². The van der Waals surface area contributed by atoms with E-state index in [1.807, 2.05) is 35.8 Å². The molecule has 7 nitrogen and oxygen atoms in total. The molecule has 1 fully saturated rings. The molecule has 2 unspecified atom stereocenters. The van der Waals surface area contributed by atoms with Crippen LogP contribution in [0.5, 0.6) is 0 Å². The van der Waals surface area contributed by atoms with E-state index in [1.165, 1.54) is 0 Å². The number of hydrogen-bond donors (Lipinski definition) is 2. The molecular formula is C23H24N6OS. The zero-order valence-corrected chi connectivity index (χ0v) is 18.1. The summed E-state index contributed by atoms with van der Waals surface area (Å²) < 4.78 is 1.74. The molecule has 4 aromatic rings. The van der Waals surface area contributed by atoms with Crippen molar-refractivity contribution in [3.05, 3.63) is 59.9 Å². The monoisotopic (exact) mass is 432 g/mol. The number of piperidine rings is 1. The van der Waals surface area contributed by atoms with Crippen molar-refractivity contribution in [3.8, 4) is 21.8 Å². The van der Waals surface area contributed by atoms with Gasteiger partial charge in [-0.2, -0.15) is 5.10 Å². The molecule has 0 spiro atoms. The van der Waals surface area contributed by atoms with Crippen molar-refractivity contribution in [1.29, 1.82) is 0 Å². The molecule has 158 valence electrons. The minimum Gasteiger partial charge on any atom is -0.348 e. The zero-order valence-electron chi connectivity index (χ0n) is 17.3. The van der Waals surface area contributed by atoms with Crippen molar-refractivity contribution in [3.63, 3.8) is 0 Å². The van der Waals surface area contributed by atoms with Gasteiger partial charge in [0.25, 0.3) is 5.91 Å². The molecule has 5 rings (SSSR count). The van der Waals surface area contributed by atoms with Gasteiger partial charge in [-0.1, -0.05) is 19.4 Å². The van der Waals surface area contributed by atoms with Gasteiger partial charge in [-0.05, 0) is 48.5 Å². The lowest BCUT2D eigenvalue weighted by molar-refractivity contribution is 0.0910. The molecule has 0 radical (unpaired) electrons. The number of pyridine rings is 1. The maximum absolute atomic E-state index is 13.0. The molecule has 1 aliphatic rings. The van der Waals surface area contributed by atoms with E-state index >= 15 is 0 Å². The molecule has 1 amide bonds. The van der Waals surface area contributed by atoms with Crippen LogP contribution in [0.3, 0.4) is 0 Å². The van der Waals surface area contributed by atoms with Crippen LogP contribution < -0.4 is 10.6 Å². The van der Waals surface area contributed by atoms with Crippen LogP contribution in [-0.2, 0) is 0 Å². The number of amides is 1. The summed E-state index contributed by atoms with van der Waals surface area (Å²) >= 11 is 1.65. The molecule has 0 aliphatic carbocycles. The average molecular weight is 433 g/mol. The molecule has 2 atom stereocenters. The number of carbonyl (C=O) groups excluding carboxylic acids is 1. The molecule has 0 saturated carbocycles. The SMILES string of the molecule is CCC1CCNCC1NC(=O)c1ccnc(-c2cnn3ccc(-c4cccs4)nc23)c1. The second kappa shape index (κ2) is 8.56. The van der Waals surface area contributed by atoms with Crippen molar-refractivity contribution < 1.29 is 4.79 Å². The van der Waals surface area contributed by atoms with Crippen molar-refractivity contribution in [2.45, 2.75) is 25.8 Å². The summed E-state index contributed by atoms with van der Waals surface area (Å²) in [6, 6.07) is 9.74. The fourth-order valence-electron chi connectivity index (χ4n) is 4.15. The third-order valence-corrected chi connectivity index (χ3v) is 6.80. The van der Waals surface area contributed by atoms with E-state index in [-0.39, 0.29) is 11.9 Å². The van der Waals surface area contributed by atoms with Gasteiger partial charge < -0.3 is 10.6 Å². The third kappa shape index (κ3) is 3.96. The van der Waals surface area contributed by atoms with E-state index in [4.69, 9.17) is 4.98 Å². The lowest BCUT2D eigenvalue weighted by atomic mass is 9.90. The Hall–Kier alpha value is -3.10. The molecule has 0 bridgehead atoms. The van der Waals surface area contributed by atoms with Crippen LogP contribution >= 0.6 is 11.3 Å². The van der Waals surface area contributed by atoms with Gasteiger partial charge in [-0.25, -0.2) is 9.50 Å². The van der Waals surface area contributed by atoms with Gasteiger partial charge in [0.05, 0.1) is 28.0 Å². The van der Waals surface area contributed by atoms with Gasteiger partial charge in [0.1, 0.15) is 0 Å². The number of hydrogen-bond acceptors (Lipinski definition) is 6. The molecule has 4 aromatic heterocycles. The van der Waals surface area contributed by atoms with E-state index in [1.54, 1.807) is 34.3 Å². The third-order valence-electron chi connectivity index (χ3n) is 5.91. The number of rotatable bonds is 5. The first-order valence-corrected chi connectivity index (χ1v) is 11.5. The first-order chi connectivity index (χ1) is 15.2. The van der Waals surface area contributed by atoms with Gasteiger partial charge in [-0.3, -0.25) is 9.78 Å². The van der Waals surface area contributed by atoms with Crippen LogP contribution in [0.4, 0.5) is 0 Å². The molecule has 1 saturated heterocycles. The minimum absolute atomic E-state index is 0.0699. The number of nitrogens with zero attached hydrogens (tertiary/aromatic N) is 4. The predicted octanol–water partition coefficient (Wildman–Crippen LogP) is 3.64. The summed E-state index contributed by atoms with van der Waals surface area (Å²) in [7, 11) is 0. The van der Waals surface area contributed by atoms with Crippen LogP contribution in [0.2, 0.25) is 0 Å². The molecular weight excluding hydrogens is 408 g/mol. The summed E-state index contributed by atoms with van der Waals surface area (Å²) in [5.74, 6) is 0.436. The Labute approximate surface area is 184 Å². The van der Waals surface area contributed by atoms with Gasteiger partial charge in [0, 0.05) is 30.5 Å². The Kier molecular flexibility index (Phi) is 5.48. The van der Waals surface area contributed by atoms with E-state index in [0.717, 1.165) is 47.7 Å².